The van der Waals surface area contributed by atoms with E-state index >= 15 is 0 Å². The van der Waals surface area contributed by atoms with Crippen molar-refractivity contribution >= 4 is 11.9 Å². The highest BCUT2D eigenvalue weighted by molar-refractivity contribution is 5.82. The fraction of sp³-hybridized carbons (Fsp3) is 0.857. The first-order valence-corrected chi connectivity index (χ1v) is 7.05. The second-order valence-corrected chi connectivity index (χ2v) is 5.70. The van der Waals surface area contributed by atoms with Crippen molar-refractivity contribution in [3.05, 3.63) is 0 Å². The molecule has 0 bridgehead atoms. The highest BCUT2D eigenvalue weighted by Gasteiger charge is 2.23. The van der Waals surface area contributed by atoms with E-state index in [1.807, 2.05) is 13.8 Å². The lowest BCUT2D eigenvalue weighted by Gasteiger charge is -2.23. The first-order chi connectivity index (χ1) is 8.77. The van der Waals surface area contributed by atoms with Gasteiger partial charge in [-0.2, -0.15) is 0 Å². The van der Waals surface area contributed by atoms with E-state index < -0.39 is 12.0 Å². The van der Waals surface area contributed by atoms with Gasteiger partial charge in [-0.25, -0.2) is 0 Å². The number of amides is 1. The van der Waals surface area contributed by atoms with Gasteiger partial charge in [0.2, 0.25) is 5.91 Å². The van der Waals surface area contributed by atoms with Gasteiger partial charge in [0.25, 0.3) is 0 Å². The number of nitrogens with one attached hydrogen (secondary N) is 1. The van der Waals surface area contributed by atoms with Crippen LogP contribution in [-0.4, -0.2) is 29.1 Å². The third-order valence-corrected chi connectivity index (χ3v) is 3.26. The lowest BCUT2D eigenvalue weighted by atomic mass is 9.95. The van der Waals surface area contributed by atoms with Gasteiger partial charge in [0.15, 0.2) is 0 Å². The summed E-state index contributed by atoms with van der Waals surface area (Å²) < 4.78 is 0. The Bertz CT molecular complexity index is 292. The van der Waals surface area contributed by atoms with Crippen LogP contribution in [0.4, 0.5) is 0 Å². The lowest BCUT2D eigenvalue weighted by Crippen LogP contribution is -2.48. The highest BCUT2D eigenvalue weighted by atomic mass is 16.4. The molecule has 0 saturated heterocycles. The molecule has 0 fully saturated rings. The van der Waals surface area contributed by atoms with Crippen molar-refractivity contribution in [1.29, 1.82) is 0 Å². The largest absolute Gasteiger partial charge is 0.481 e. The normalized spacial score (nSPS) is 15.9. The number of carboxylic acid groups (broad SMARTS) is 1. The molecule has 5 nitrogen and oxygen atoms in total. The van der Waals surface area contributed by atoms with E-state index in [1.165, 1.54) is 0 Å². The van der Waals surface area contributed by atoms with E-state index in [1.54, 1.807) is 0 Å². The number of hydrogen-bond acceptors (Lipinski definition) is 3. The van der Waals surface area contributed by atoms with Crippen LogP contribution >= 0.6 is 0 Å². The molecule has 0 radical (unpaired) electrons. The first-order valence-electron chi connectivity index (χ1n) is 7.05. The van der Waals surface area contributed by atoms with Crippen LogP contribution in [0.2, 0.25) is 0 Å². The number of carboxylic acids is 1. The first kappa shape index (κ1) is 17.9. The molecule has 0 spiro atoms. The summed E-state index contributed by atoms with van der Waals surface area (Å²) in [4.78, 5) is 22.7. The predicted molar refractivity (Wildman–Crippen MR) is 75.7 cm³/mol. The SMILES string of the molecule is CCCC(C)CC(CC(=O)O)NC(=O)[C@@H](N)C(C)C. The summed E-state index contributed by atoms with van der Waals surface area (Å²) in [7, 11) is 0. The summed E-state index contributed by atoms with van der Waals surface area (Å²) in [6.45, 7) is 7.91. The second kappa shape index (κ2) is 8.91. The van der Waals surface area contributed by atoms with Crippen molar-refractivity contribution in [1.82, 2.24) is 5.32 Å². The number of carbonyl (C=O) groups excluding carboxylic acids is 1. The minimum absolute atomic E-state index is 0.0403. The molecule has 0 aromatic rings. The Morgan fingerprint density at radius 1 is 1.26 bits per heavy atom. The summed E-state index contributed by atoms with van der Waals surface area (Å²) >= 11 is 0. The van der Waals surface area contributed by atoms with Gasteiger partial charge in [-0.15, -0.1) is 0 Å². The van der Waals surface area contributed by atoms with Gasteiger partial charge in [-0.05, 0) is 18.3 Å². The smallest absolute Gasteiger partial charge is 0.305 e. The number of nitrogens with two attached hydrogens (primary N) is 1. The zero-order chi connectivity index (χ0) is 15.0. The fourth-order valence-corrected chi connectivity index (χ4v) is 2.10. The molecule has 0 rings (SSSR count). The molecule has 0 aromatic carbocycles. The van der Waals surface area contributed by atoms with Gasteiger partial charge in [-0.3, -0.25) is 9.59 Å². The Labute approximate surface area is 115 Å². The summed E-state index contributed by atoms with van der Waals surface area (Å²) in [6.07, 6.45) is 2.71. The molecule has 0 aliphatic rings. The zero-order valence-electron chi connectivity index (χ0n) is 12.5. The van der Waals surface area contributed by atoms with E-state index in [0.29, 0.717) is 12.3 Å². The van der Waals surface area contributed by atoms with Crippen LogP contribution in [0.15, 0.2) is 0 Å². The zero-order valence-corrected chi connectivity index (χ0v) is 12.5. The lowest BCUT2D eigenvalue weighted by molar-refractivity contribution is -0.137. The van der Waals surface area contributed by atoms with Crippen LogP contribution < -0.4 is 11.1 Å². The molecule has 2 unspecified atom stereocenters. The second-order valence-electron chi connectivity index (χ2n) is 5.70. The standard InChI is InChI=1S/C14H28N2O3/c1-5-6-10(4)7-11(8-12(17)18)16-14(19)13(15)9(2)3/h9-11,13H,5-8,15H2,1-4H3,(H,16,19)(H,17,18)/t10?,11?,13-/m0/s1. The van der Waals surface area contributed by atoms with Gasteiger partial charge < -0.3 is 16.2 Å². The van der Waals surface area contributed by atoms with Crippen molar-refractivity contribution < 1.29 is 14.7 Å². The van der Waals surface area contributed by atoms with Crippen molar-refractivity contribution in [2.45, 2.75) is 65.5 Å². The minimum atomic E-state index is -0.896. The van der Waals surface area contributed by atoms with E-state index in [9.17, 15) is 9.59 Å². The Hall–Kier alpha value is -1.10. The topological polar surface area (TPSA) is 92.4 Å². The van der Waals surface area contributed by atoms with Crippen LogP contribution in [0.5, 0.6) is 0 Å². The van der Waals surface area contributed by atoms with Gasteiger partial charge in [0.05, 0.1) is 12.5 Å². The Morgan fingerprint density at radius 2 is 1.84 bits per heavy atom. The number of aliphatic carboxylic acids is 1. The molecule has 5 heteroatoms. The van der Waals surface area contributed by atoms with Gasteiger partial charge in [0.1, 0.15) is 0 Å². The van der Waals surface area contributed by atoms with Crippen molar-refractivity contribution in [3.8, 4) is 0 Å². The molecule has 3 atom stereocenters. The molecule has 0 aliphatic carbocycles. The molecule has 0 heterocycles. The van der Waals surface area contributed by atoms with Crippen LogP contribution in [0, 0.1) is 11.8 Å². The third kappa shape index (κ3) is 7.82. The maximum absolute atomic E-state index is 11.9. The number of carbonyl (C=O) groups is 2. The quantitative estimate of drug-likeness (QED) is 0.596. The number of rotatable bonds is 9. The van der Waals surface area contributed by atoms with Crippen LogP contribution in [-0.2, 0) is 9.59 Å². The fourth-order valence-electron chi connectivity index (χ4n) is 2.10. The maximum Gasteiger partial charge on any atom is 0.305 e. The molecule has 0 saturated carbocycles. The molecule has 19 heavy (non-hydrogen) atoms. The van der Waals surface area contributed by atoms with E-state index in [2.05, 4.69) is 19.2 Å². The maximum atomic E-state index is 11.9. The van der Waals surface area contributed by atoms with Gasteiger partial charge >= 0.3 is 5.97 Å². The average molecular weight is 272 g/mol. The van der Waals surface area contributed by atoms with Crippen LogP contribution in [0.3, 0.4) is 0 Å². The molecular weight excluding hydrogens is 244 g/mol. The summed E-state index contributed by atoms with van der Waals surface area (Å²) in [5, 5.41) is 11.7. The Kier molecular flexibility index (Phi) is 8.39. The Balaban J connectivity index is 4.50. The molecular formula is C14H28N2O3. The van der Waals surface area contributed by atoms with E-state index in [0.717, 1.165) is 12.8 Å². The molecule has 0 aromatic heterocycles. The van der Waals surface area contributed by atoms with Crippen molar-refractivity contribution in [2.24, 2.45) is 17.6 Å². The summed E-state index contributed by atoms with van der Waals surface area (Å²) in [6, 6.07) is -0.922. The third-order valence-electron chi connectivity index (χ3n) is 3.26. The average Bonchev–Trinajstić information content (AvgIpc) is 2.26. The minimum Gasteiger partial charge on any atom is -0.481 e. The number of hydrogen-bond donors (Lipinski definition) is 3. The molecule has 4 N–H and O–H groups in total. The molecule has 1 amide bonds. The summed E-state index contributed by atoms with van der Waals surface area (Å²) in [5.74, 6) is -0.722. The van der Waals surface area contributed by atoms with Crippen LogP contribution in [0.25, 0.3) is 0 Å². The highest BCUT2D eigenvalue weighted by Crippen LogP contribution is 2.15. The van der Waals surface area contributed by atoms with Crippen molar-refractivity contribution in [2.75, 3.05) is 0 Å². The van der Waals surface area contributed by atoms with Crippen molar-refractivity contribution in [3.63, 3.8) is 0 Å². The Morgan fingerprint density at radius 3 is 2.26 bits per heavy atom. The van der Waals surface area contributed by atoms with E-state index in [4.69, 9.17) is 10.8 Å². The predicted octanol–water partition coefficient (Wildman–Crippen LogP) is 1.76. The molecule has 0 aliphatic heterocycles. The monoisotopic (exact) mass is 272 g/mol. The van der Waals surface area contributed by atoms with E-state index in [-0.39, 0.29) is 24.3 Å². The summed E-state index contributed by atoms with van der Waals surface area (Å²) in [5.41, 5.74) is 5.77. The van der Waals surface area contributed by atoms with Crippen LogP contribution in [0.1, 0.15) is 53.4 Å². The molecule has 112 valence electrons. The van der Waals surface area contributed by atoms with Gasteiger partial charge in [-0.1, -0.05) is 40.5 Å². The van der Waals surface area contributed by atoms with Gasteiger partial charge in [0, 0.05) is 6.04 Å².